The van der Waals surface area contributed by atoms with Gasteiger partial charge in [0.05, 0.1) is 18.9 Å². The summed E-state index contributed by atoms with van der Waals surface area (Å²) < 4.78 is 7.18. The Bertz CT molecular complexity index is 1120. The zero-order chi connectivity index (χ0) is 21.4. The number of carbonyl (C=O) groups is 1. The molecule has 1 fully saturated rings. The van der Waals surface area contributed by atoms with Gasteiger partial charge in [-0.05, 0) is 36.2 Å². The van der Waals surface area contributed by atoms with Crippen LogP contribution in [0.4, 0.5) is 5.82 Å². The number of hydrogen-bond donors (Lipinski definition) is 0. The molecule has 0 unspecified atom stereocenters. The number of aryl methyl sites for hydroxylation is 2. The summed E-state index contributed by atoms with van der Waals surface area (Å²) in [6, 6.07) is 6.02. The average molecular weight is 419 g/mol. The SMILES string of the molecule is Cc1cc(C(=O)N2CCOCC2)nnc1N1CCc2ncc(-c3ccnn3C)cc2C1. The van der Waals surface area contributed by atoms with E-state index >= 15 is 0 Å². The van der Waals surface area contributed by atoms with Crippen molar-refractivity contribution in [2.75, 3.05) is 37.7 Å². The van der Waals surface area contributed by atoms with Gasteiger partial charge in [-0.1, -0.05) is 0 Å². The number of aromatic nitrogens is 5. The summed E-state index contributed by atoms with van der Waals surface area (Å²) in [6.45, 7) is 5.83. The number of carbonyl (C=O) groups excluding carboxylic acids is 1. The first-order chi connectivity index (χ1) is 15.1. The number of anilines is 1. The smallest absolute Gasteiger partial charge is 0.274 e. The summed E-state index contributed by atoms with van der Waals surface area (Å²) in [7, 11) is 1.93. The molecule has 2 aliphatic rings. The lowest BCUT2D eigenvalue weighted by atomic mass is 10.0. The van der Waals surface area contributed by atoms with Crippen molar-refractivity contribution >= 4 is 11.7 Å². The fourth-order valence-electron chi connectivity index (χ4n) is 4.23. The summed E-state index contributed by atoms with van der Waals surface area (Å²) in [5.74, 6) is 0.731. The Morgan fingerprint density at radius 2 is 1.97 bits per heavy atom. The van der Waals surface area contributed by atoms with Crippen LogP contribution in [-0.2, 0) is 24.8 Å². The highest BCUT2D eigenvalue weighted by atomic mass is 16.5. The van der Waals surface area contributed by atoms with E-state index in [4.69, 9.17) is 9.72 Å². The molecule has 3 aromatic heterocycles. The van der Waals surface area contributed by atoms with Crippen LogP contribution in [0, 0.1) is 6.92 Å². The van der Waals surface area contributed by atoms with Crippen LogP contribution in [0.5, 0.6) is 0 Å². The van der Waals surface area contributed by atoms with Gasteiger partial charge >= 0.3 is 0 Å². The number of amides is 1. The normalized spacial score (nSPS) is 16.3. The van der Waals surface area contributed by atoms with Crippen LogP contribution < -0.4 is 4.90 Å². The molecule has 3 aromatic rings. The van der Waals surface area contributed by atoms with E-state index in [0.717, 1.165) is 41.3 Å². The van der Waals surface area contributed by atoms with E-state index in [1.54, 1.807) is 11.1 Å². The highest BCUT2D eigenvalue weighted by Crippen LogP contribution is 2.27. The first-order valence-corrected chi connectivity index (χ1v) is 10.5. The van der Waals surface area contributed by atoms with Crippen LogP contribution in [0.3, 0.4) is 0 Å². The number of fused-ring (bicyclic) bond motifs is 1. The van der Waals surface area contributed by atoms with E-state index < -0.39 is 0 Å². The van der Waals surface area contributed by atoms with Crippen LogP contribution in [0.1, 0.15) is 27.3 Å². The van der Waals surface area contributed by atoms with Crippen LogP contribution in [0.25, 0.3) is 11.3 Å². The van der Waals surface area contributed by atoms with Crippen molar-refractivity contribution in [3.63, 3.8) is 0 Å². The van der Waals surface area contributed by atoms with Crippen LogP contribution in [-0.4, -0.2) is 68.6 Å². The second-order valence-electron chi connectivity index (χ2n) is 7.98. The monoisotopic (exact) mass is 419 g/mol. The predicted octanol–water partition coefficient (Wildman–Crippen LogP) is 1.62. The molecule has 0 spiro atoms. The van der Waals surface area contributed by atoms with Crippen molar-refractivity contribution in [2.45, 2.75) is 19.9 Å². The van der Waals surface area contributed by atoms with Crippen molar-refractivity contribution in [3.05, 3.63) is 53.1 Å². The molecule has 0 bridgehead atoms. The molecule has 9 heteroatoms. The summed E-state index contributed by atoms with van der Waals surface area (Å²) in [6.07, 6.45) is 4.55. The minimum Gasteiger partial charge on any atom is -0.378 e. The van der Waals surface area contributed by atoms with E-state index in [1.807, 2.05) is 37.0 Å². The minimum atomic E-state index is -0.0838. The zero-order valence-electron chi connectivity index (χ0n) is 17.8. The Hall–Kier alpha value is -3.33. The third-order valence-corrected chi connectivity index (χ3v) is 5.93. The first-order valence-electron chi connectivity index (χ1n) is 10.5. The molecule has 0 saturated carbocycles. The fraction of sp³-hybridized carbons (Fsp3) is 0.409. The van der Waals surface area contributed by atoms with Crippen molar-refractivity contribution in [1.82, 2.24) is 29.9 Å². The molecular formula is C22H25N7O2. The lowest BCUT2D eigenvalue weighted by molar-refractivity contribution is 0.0298. The first kappa shape index (κ1) is 19.6. The van der Waals surface area contributed by atoms with Gasteiger partial charge in [0.15, 0.2) is 11.5 Å². The quantitative estimate of drug-likeness (QED) is 0.637. The number of nitrogens with zero attached hydrogens (tertiary/aromatic N) is 7. The molecular weight excluding hydrogens is 394 g/mol. The fourth-order valence-corrected chi connectivity index (χ4v) is 4.23. The van der Waals surface area contributed by atoms with Gasteiger partial charge in [0.1, 0.15) is 0 Å². The van der Waals surface area contributed by atoms with Crippen molar-refractivity contribution in [3.8, 4) is 11.3 Å². The van der Waals surface area contributed by atoms with Crippen LogP contribution in [0.2, 0.25) is 0 Å². The second kappa shape index (κ2) is 8.07. The minimum absolute atomic E-state index is 0.0838. The third-order valence-electron chi connectivity index (χ3n) is 5.93. The van der Waals surface area contributed by atoms with Gasteiger partial charge in [-0.15, -0.1) is 10.2 Å². The van der Waals surface area contributed by atoms with Gasteiger partial charge in [-0.3, -0.25) is 14.5 Å². The van der Waals surface area contributed by atoms with Crippen molar-refractivity contribution in [2.24, 2.45) is 7.05 Å². The Balaban J connectivity index is 1.37. The molecule has 0 atom stereocenters. The van der Waals surface area contributed by atoms with Crippen molar-refractivity contribution in [1.29, 1.82) is 0 Å². The maximum atomic E-state index is 12.7. The second-order valence-corrected chi connectivity index (χ2v) is 7.98. The van der Waals surface area contributed by atoms with Gasteiger partial charge < -0.3 is 14.5 Å². The summed E-state index contributed by atoms with van der Waals surface area (Å²) in [5, 5.41) is 13.0. The highest BCUT2D eigenvalue weighted by molar-refractivity contribution is 5.92. The molecule has 1 saturated heterocycles. The molecule has 0 aromatic carbocycles. The molecule has 31 heavy (non-hydrogen) atoms. The van der Waals surface area contributed by atoms with Gasteiger partial charge in [0, 0.05) is 63.3 Å². The molecule has 5 rings (SSSR count). The standard InChI is InChI=1S/C22H25N7O2/c1-15-11-19(22(30)28-7-9-31-10-8-28)25-26-21(15)29-6-4-18-17(14-29)12-16(13-23-18)20-3-5-24-27(20)2/h3,5,11-13H,4,6-10,14H2,1-2H3. The Morgan fingerprint density at radius 3 is 2.71 bits per heavy atom. The molecule has 9 nitrogen and oxygen atoms in total. The highest BCUT2D eigenvalue weighted by Gasteiger charge is 2.24. The Kier molecular flexibility index (Phi) is 5.11. The lowest BCUT2D eigenvalue weighted by Gasteiger charge is -2.30. The van der Waals surface area contributed by atoms with E-state index in [2.05, 4.69) is 26.3 Å². The number of rotatable bonds is 3. The number of hydrogen-bond acceptors (Lipinski definition) is 7. The predicted molar refractivity (Wildman–Crippen MR) is 115 cm³/mol. The average Bonchev–Trinajstić information content (AvgIpc) is 3.24. The summed E-state index contributed by atoms with van der Waals surface area (Å²) in [4.78, 5) is 21.4. The molecule has 0 N–H and O–H groups in total. The molecule has 1 amide bonds. The van der Waals surface area contributed by atoms with Crippen molar-refractivity contribution < 1.29 is 9.53 Å². The van der Waals surface area contributed by atoms with Gasteiger partial charge in [-0.2, -0.15) is 5.10 Å². The molecule has 160 valence electrons. The number of ether oxygens (including phenoxy) is 1. The summed E-state index contributed by atoms with van der Waals surface area (Å²) >= 11 is 0. The zero-order valence-corrected chi connectivity index (χ0v) is 17.8. The number of morpholine rings is 1. The van der Waals surface area contributed by atoms with Gasteiger partial charge in [-0.25, -0.2) is 0 Å². The number of pyridine rings is 1. The van der Waals surface area contributed by atoms with Gasteiger partial charge in [0.25, 0.3) is 5.91 Å². The Labute approximate surface area is 180 Å². The molecule has 5 heterocycles. The van der Waals surface area contributed by atoms with Crippen LogP contribution >= 0.6 is 0 Å². The van der Waals surface area contributed by atoms with E-state index in [9.17, 15) is 4.79 Å². The van der Waals surface area contributed by atoms with E-state index in [-0.39, 0.29) is 5.91 Å². The van der Waals surface area contributed by atoms with Gasteiger partial charge in [0.2, 0.25) is 0 Å². The maximum absolute atomic E-state index is 12.7. The molecule has 2 aliphatic heterocycles. The largest absolute Gasteiger partial charge is 0.378 e. The maximum Gasteiger partial charge on any atom is 0.274 e. The summed E-state index contributed by atoms with van der Waals surface area (Å²) in [5.41, 5.74) is 5.72. The third kappa shape index (κ3) is 3.76. The topological polar surface area (TPSA) is 89.3 Å². The lowest BCUT2D eigenvalue weighted by Crippen LogP contribution is -2.41. The molecule has 0 radical (unpaired) electrons. The van der Waals surface area contributed by atoms with E-state index in [0.29, 0.717) is 38.5 Å². The van der Waals surface area contributed by atoms with Crippen LogP contribution in [0.15, 0.2) is 30.6 Å². The molecule has 0 aliphatic carbocycles. The van der Waals surface area contributed by atoms with E-state index in [1.165, 1.54) is 5.56 Å². The Morgan fingerprint density at radius 1 is 1.13 bits per heavy atom.